The van der Waals surface area contributed by atoms with Crippen molar-refractivity contribution < 1.29 is 37.0 Å². The van der Waals surface area contributed by atoms with E-state index >= 15 is 0 Å². The number of pyridine rings is 1. The highest BCUT2D eigenvalue weighted by Crippen LogP contribution is 2.58. The highest BCUT2D eigenvalue weighted by Gasteiger charge is 2.59. The molecule has 1 aromatic heterocycles. The van der Waals surface area contributed by atoms with E-state index in [2.05, 4.69) is 10.3 Å². The second kappa shape index (κ2) is 8.07. The average Bonchev–Trinajstić information content (AvgIpc) is 2.94. The van der Waals surface area contributed by atoms with Gasteiger partial charge in [0.1, 0.15) is 17.7 Å². The van der Waals surface area contributed by atoms with Crippen LogP contribution in [0.4, 0.5) is 18.0 Å². The fourth-order valence-corrected chi connectivity index (χ4v) is 4.96. The maximum Gasteiger partial charge on any atom is 0.391 e. The maximum atomic E-state index is 12.8. The molecule has 2 aliphatic carbocycles. The van der Waals surface area contributed by atoms with Crippen LogP contribution in [0.15, 0.2) is 12.1 Å². The second-order valence-electron chi connectivity index (χ2n) is 9.17. The SMILES string of the molecule is COc1ccc(C(N)=O)c(OC2CC3(C2)CC(N2C(=O)N[C@@H](CC(C)C(F)(F)F)C2=O)C3)n1. The predicted octanol–water partition coefficient (Wildman–Crippen LogP) is 2.39. The number of hydrogen-bond donors (Lipinski definition) is 2. The summed E-state index contributed by atoms with van der Waals surface area (Å²) < 4.78 is 49.4. The van der Waals surface area contributed by atoms with E-state index in [1.807, 2.05) is 0 Å². The van der Waals surface area contributed by atoms with Gasteiger partial charge in [-0.25, -0.2) is 4.79 Å². The summed E-state index contributed by atoms with van der Waals surface area (Å²) in [5.41, 5.74) is 5.40. The minimum atomic E-state index is -4.42. The first-order chi connectivity index (χ1) is 15.4. The number of nitrogens with zero attached hydrogens (tertiary/aromatic N) is 2. The van der Waals surface area contributed by atoms with Gasteiger partial charge in [0.2, 0.25) is 11.8 Å². The molecule has 1 aromatic rings. The van der Waals surface area contributed by atoms with Gasteiger partial charge in [-0.3, -0.25) is 14.5 Å². The number of rotatable bonds is 7. The van der Waals surface area contributed by atoms with Crippen LogP contribution in [0.5, 0.6) is 11.8 Å². The Morgan fingerprint density at radius 3 is 2.55 bits per heavy atom. The standard InChI is InChI=1S/C21H25F3N4O5/c1-10(21(22,23)24)5-14-18(30)28(19(31)26-14)11-6-20(7-11)8-12(9-20)33-17-13(16(25)29)3-4-15(27-17)32-2/h3-4,10-12,14H,5-9H2,1-2H3,(H2,25,29)(H,26,31)/t10?,11?,12?,14-,20?/m0/s1. The molecule has 4 amide bonds. The molecule has 1 aliphatic heterocycles. The van der Waals surface area contributed by atoms with Crippen molar-refractivity contribution in [2.45, 2.75) is 63.4 Å². The van der Waals surface area contributed by atoms with Gasteiger partial charge in [-0.1, -0.05) is 6.92 Å². The van der Waals surface area contributed by atoms with Crippen molar-refractivity contribution in [3.8, 4) is 11.8 Å². The second-order valence-corrected chi connectivity index (χ2v) is 9.17. The quantitative estimate of drug-likeness (QED) is 0.590. The molecule has 12 heteroatoms. The molecule has 0 radical (unpaired) electrons. The number of aromatic nitrogens is 1. The Morgan fingerprint density at radius 1 is 1.30 bits per heavy atom. The van der Waals surface area contributed by atoms with Crippen LogP contribution in [0.2, 0.25) is 0 Å². The molecule has 0 aromatic carbocycles. The summed E-state index contributed by atoms with van der Waals surface area (Å²) >= 11 is 0. The van der Waals surface area contributed by atoms with Crippen molar-refractivity contribution in [2.24, 2.45) is 17.1 Å². The van der Waals surface area contributed by atoms with Crippen LogP contribution in [0.3, 0.4) is 0 Å². The molecule has 0 bridgehead atoms. The van der Waals surface area contributed by atoms with Gasteiger partial charge in [0, 0.05) is 12.1 Å². The number of urea groups is 1. The van der Waals surface area contributed by atoms with Crippen molar-refractivity contribution in [1.29, 1.82) is 0 Å². The Balaban J connectivity index is 1.32. The zero-order chi connectivity index (χ0) is 24.1. The van der Waals surface area contributed by atoms with Gasteiger partial charge in [-0.05, 0) is 43.6 Å². The highest BCUT2D eigenvalue weighted by atomic mass is 19.4. The molecular formula is C21H25F3N4O5. The normalized spacial score (nSPS) is 29.8. The maximum absolute atomic E-state index is 12.8. The van der Waals surface area contributed by atoms with Crippen LogP contribution in [0.25, 0.3) is 0 Å². The molecule has 3 aliphatic rings. The number of carbonyl (C=O) groups excluding carboxylic acids is 3. The van der Waals surface area contributed by atoms with Crippen molar-refractivity contribution in [1.82, 2.24) is 15.2 Å². The fraction of sp³-hybridized carbons (Fsp3) is 0.619. The van der Waals surface area contributed by atoms with Crippen LogP contribution in [0.1, 0.15) is 49.4 Å². The average molecular weight is 470 g/mol. The van der Waals surface area contributed by atoms with E-state index < -0.39 is 42.4 Å². The minimum Gasteiger partial charge on any atom is -0.481 e. The molecule has 3 fully saturated rings. The number of halogens is 3. The molecule has 2 atom stereocenters. The van der Waals surface area contributed by atoms with E-state index in [1.165, 1.54) is 19.2 Å². The number of nitrogens with one attached hydrogen (secondary N) is 1. The van der Waals surface area contributed by atoms with Crippen molar-refractivity contribution >= 4 is 17.8 Å². The van der Waals surface area contributed by atoms with Gasteiger partial charge >= 0.3 is 12.2 Å². The summed E-state index contributed by atoms with van der Waals surface area (Å²) in [6, 6.07) is 0.839. The van der Waals surface area contributed by atoms with Crippen LogP contribution in [-0.2, 0) is 4.79 Å². The van der Waals surface area contributed by atoms with E-state index in [9.17, 15) is 27.6 Å². The summed E-state index contributed by atoms with van der Waals surface area (Å²) in [7, 11) is 1.44. The largest absolute Gasteiger partial charge is 0.481 e. The lowest BCUT2D eigenvalue weighted by molar-refractivity contribution is -0.173. The Kier molecular flexibility index (Phi) is 5.65. The number of alkyl halides is 3. The zero-order valence-corrected chi connectivity index (χ0v) is 18.1. The highest BCUT2D eigenvalue weighted by molar-refractivity contribution is 6.04. The first kappa shape index (κ1) is 23.1. The number of hydrogen-bond acceptors (Lipinski definition) is 6. The van der Waals surface area contributed by atoms with E-state index in [-0.39, 0.29) is 34.9 Å². The van der Waals surface area contributed by atoms with Crippen LogP contribution >= 0.6 is 0 Å². The summed E-state index contributed by atoms with van der Waals surface area (Å²) in [5, 5.41) is 2.39. The molecule has 3 N–H and O–H groups in total. The van der Waals surface area contributed by atoms with Gasteiger partial charge in [0.05, 0.1) is 13.0 Å². The molecule has 33 heavy (non-hydrogen) atoms. The Hall–Kier alpha value is -3.05. The molecule has 1 saturated heterocycles. The number of methoxy groups -OCH3 is 1. The zero-order valence-electron chi connectivity index (χ0n) is 18.1. The van der Waals surface area contributed by atoms with Crippen molar-refractivity contribution in [3.63, 3.8) is 0 Å². The summed E-state index contributed by atoms with van der Waals surface area (Å²) in [5.74, 6) is -2.60. The number of carbonyl (C=O) groups is 3. The summed E-state index contributed by atoms with van der Waals surface area (Å²) in [4.78, 5) is 41.7. The van der Waals surface area contributed by atoms with Crippen molar-refractivity contribution in [3.05, 3.63) is 17.7 Å². The molecule has 2 heterocycles. The molecule has 1 unspecified atom stereocenters. The Labute approximate surface area is 187 Å². The smallest absolute Gasteiger partial charge is 0.391 e. The third kappa shape index (κ3) is 4.30. The van der Waals surface area contributed by atoms with Crippen LogP contribution in [-0.4, -0.2) is 59.2 Å². The first-order valence-corrected chi connectivity index (χ1v) is 10.6. The lowest BCUT2D eigenvalue weighted by Crippen LogP contribution is -2.60. The number of ether oxygens (including phenoxy) is 2. The van der Waals surface area contributed by atoms with Crippen LogP contribution in [0, 0.1) is 11.3 Å². The topological polar surface area (TPSA) is 124 Å². The summed E-state index contributed by atoms with van der Waals surface area (Å²) in [6.45, 7) is 0.996. The lowest BCUT2D eigenvalue weighted by Gasteiger charge is -2.58. The fourth-order valence-electron chi connectivity index (χ4n) is 4.96. The number of nitrogens with two attached hydrogens (primary N) is 1. The van der Waals surface area contributed by atoms with Gasteiger partial charge < -0.3 is 20.5 Å². The first-order valence-electron chi connectivity index (χ1n) is 10.6. The molecule has 4 rings (SSSR count). The summed E-state index contributed by atoms with van der Waals surface area (Å²) in [6.07, 6.45) is -2.73. The molecular weight excluding hydrogens is 445 g/mol. The van der Waals surface area contributed by atoms with Gasteiger partial charge in [0.25, 0.3) is 11.8 Å². The Bertz CT molecular complexity index is 971. The van der Waals surface area contributed by atoms with Crippen LogP contribution < -0.4 is 20.5 Å². The monoisotopic (exact) mass is 470 g/mol. The number of primary amides is 1. The number of amides is 4. The van der Waals surface area contributed by atoms with E-state index in [1.54, 1.807) is 0 Å². The Morgan fingerprint density at radius 2 is 1.97 bits per heavy atom. The van der Waals surface area contributed by atoms with Gasteiger partial charge in [0.15, 0.2) is 0 Å². The molecule has 9 nitrogen and oxygen atoms in total. The minimum absolute atomic E-state index is 0.0910. The lowest BCUT2D eigenvalue weighted by atomic mass is 9.52. The van der Waals surface area contributed by atoms with Crippen molar-refractivity contribution in [2.75, 3.05) is 7.11 Å². The molecule has 2 saturated carbocycles. The van der Waals surface area contributed by atoms with E-state index in [0.717, 1.165) is 11.8 Å². The van der Waals surface area contributed by atoms with Gasteiger partial charge in [-0.15, -0.1) is 0 Å². The third-order valence-corrected chi connectivity index (χ3v) is 6.81. The van der Waals surface area contributed by atoms with E-state index in [4.69, 9.17) is 15.2 Å². The van der Waals surface area contributed by atoms with Gasteiger partial charge in [-0.2, -0.15) is 18.2 Å². The molecule has 180 valence electrons. The predicted molar refractivity (Wildman–Crippen MR) is 107 cm³/mol. The molecule has 1 spiro atoms. The number of imide groups is 1. The van der Waals surface area contributed by atoms with E-state index in [0.29, 0.717) is 25.7 Å². The third-order valence-electron chi connectivity index (χ3n) is 6.81.